The van der Waals surface area contributed by atoms with Gasteiger partial charge in [0.05, 0.1) is 6.10 Å². The standard InChI is InChI=1S/C14H19NO/c15-10-14(8-9-14)12-6-1-2-7-13(12)16-11-4-3-5-11/h1-2,6-7,11H,3-5,8-10,15H2. The van der Waals surface area contributed by atoms with E-state index >= 15 is 0 Å². The monoisotopic (exact) mass is 217 g/mol. The molecular weight excluding hydrogens is 198 g/mol. The Kier molecular flexibility index (Phi) is 2.40. The summed E-state index contributed by atoms with van der Waals surface area (Å²) in [5, 5.41) is 0. The van der Waals surface area contributed by atoms with E-state index in [4.69, 9.17) is 10.5 Å². The molecule has 0 amide bonds. The molecule has 0 spiro atoms. The van der Waals surface area contributed by atoms with Crippen molar-refractivity contribution < 1.29 is 4.74 Å². The molecule has 0 atom stereocenters. The lowest BCUT2D eigenvalue weighted by Gasteiger charge is -2.28. The van der Waals surface area contributed by atoms with Gasteiger partial charge in [0.15, 0.2) is 0 Å². The van der Waals surface area contributed by atoms with E-state index < -0.39 is 0 Å². The second-order valence-corrected chi connectivity index (χ2v) is 5.15. The van der Waals surface area contributed by atoms with Crippen LogP contribution in [0.3, 0.4) is 0 Å². The first-order valence-electron chi connectivity index (χ1n) is 6.30. The first kappa shape index (κ1) is 10.2. The smallest absolute Gasteiger partial charge is 0.123 e. The van der Waals surface area contributed by atoms with Crippen LogP contribution in [0.15, 0.2) is 24.3 Å². The Morgan fingerprint density at radius 2 is 2.00 bits per heavy atom. The Balaban J connectivity index is 1.85. The minimum atomic E-state index is 0.236. The van der Waals surface area contributed by atoms with Gasteiger partial charge in [-0.2, -0.15) is 0 Å². The molecule has 0 heterocycles. The predicted octanol–water partition coefficient (Wildman–Crippen LogP) is 2.61. The van der Waals surface area contributed by atoms with Crippen LogP contribution in [0.2, 0.25) is 0 Å². The molecule has 2 nitrogen and oxygen atoms in total. The van der Waals surface area contributed by atoms with Crippen molar-refractivity contribution in [2.75, 3.05) is 6.54 Å². The van der Waals surface area contributed by atoms with Gasteiger partial charge < -0.3 is 10.5 Å². The van der Waals surface area contributed by atoms with Crippen molar-refractivity contribution in [1.29, 1.82) is 0 Å². The summed E-state index contributed by atoms with van der Waals surface area (Å²) in [6, 6.07) is 8.44. The third kappa shape index (κ3) is 1.61. The molecule has 0 bridgehead atoms. The van der Waals surface area contributed by atoms with Crippen LogP contribution in [0.25, 0.3) is 0 Å². The summed E-state index contributed by atoms with van der Waals surface area (Å²) in [5.74, 6) is 1.08. The summed E-state index contributed by atoms with van der Waals surface area (Å²) in [6.07, 6.45) is 6.63. The predicted molar refractivity (Wildman–Crippen MR) is 64.7 cm³/mol. The fourth-order valence-electron chi connectivity index (χ4n) is 2.41. The fraction of sp³-hybridized carbons (Fsp3) is 0.571. The molecule has 2 aliphatic carbocycles. The lowest BCUT2D eigenvalue weighted by molar-refractivity contribution is 0.118. The minimum absolute atomic E-state index is 0.236. The molecule has 0 unspecified atom stereocenters. The largest absolute Gasteiger partial charge is 0.490 e. The number of ether oxygens (including phenoxy) is 1. The van der Waals surface area contributed by atoms with E-state index in [0.29, 0.717) is 6.10 Å². The average Bonchev–Trinajstić information content (AvgIpc) is 3.05. The molecule has 2 N–H and O–H groups in total. The maximum Gasteiger partial charge on any atom is 0.123 e. The summed E-state index contributed by atoms with van der Waals surface area (Å²) in [7, 11) is 0. The van der Waals surface area contributed by atoms with Gasteiger partial charge in [0.25, 0.3) is 0 Å². The normalized spacial score (nSPS) is 22.6. The zero-order chi connectivity index (χ0) is 11.0. The first-order chi connectivity index (χ1) is 7.84. The molecule has 1 aromatic carbocycles. The fourth-order valence-corrected chi connectivity index (χ4v) is 2.41. The number of benzene rings is 1. The number of nitrogens with two attached hydrogens (primary N) is 1. The number of rotatable bonds is 4. The molecular formula is C14H19NO. The van der Waals surface area contributed by atoms with E-state index in [1.54, 1.807) is 0 Å². The lowest BCUT2D eigenvalue weighted by Crippen LogP contribution is -2.27. The summed E-state index contributed by atoms with van der Waals surface area (Å²) in [6.45, 7) is 0.748. The summed E-state index contributed by atoms with van der Waals surface area (Å²) in [5.41, 5.74) is 7.47. The van der Waals surface area contributed by atoms with E-state index in [0.717, 1.165) is 12.3 Å². The first-order valence-corrected chi connectivity index (χ1v) is 6.30. The van der Waals surface area contributed by atoms with Gasteiger partial charge in [-0.05, 0) is 38.2 Å². The van der Waals surface area contributed by atoms with Crippen molar-refractivity contribution in [3.63, 3.8) is 0 Å². The number of hydrogen-bond donors (Lipinski definition) is 1. The maximum absolute atomic E-state index is 6.05. The maximum atomic E-state index is 6.05. The van der Waals surface area contributed by atoms with Crippen LogP contribution in [0.4, 0.5) is 0 Å². The third-order valence-corrected chi connectivity index (χ3v) is 4.05. The van der Waals surface area contributed by atoms with Gasteiger partial charge in [-0.3, -0.25) is 0 Å². The van der Waals surface area contributed by atoms with Crippen LogP contribution in [0, 0.1) is 0 Å². The van der Waals surface area contributed by atoms with Crippen LogP contribution in [-0.2, 0) is 5.41 Å². The average molecular weight is 217 g/mol. The Hall–Kier alpha value is -1.02. The molecule has 0 radical (unpaired) electrons. The Morgan fingerprint density at radius 3 is 2.56 bits per heavy atom. The SMILES string of the molecule is NCC1(c2ccccc2OC2CCC2)CC1. The highest BCUT2D eigenvalue weighted by atomic mass is 16.5. The Bertz CT molecular complexity index is 380. The molecule has 2 heteroatoms. The van der Waals surface area contributed by atoms with Crippen molar-refractivity contribution in [2.45, 2.75) is 43.6 Å². The second-order valence-electron chi connectivity index (χ2n) is 5.15. The van der Waals surface area contributed by atoms with Gasteiger partial charge in [0.1, 0.15) is 5.75 Å². The zero-order valence-electron chi connectivity index (χ0n) is 9.61. The highest BCUT2D eigenvalue weighted by Gasteiger charge is 2.44. The number of hydrogen-bond acceptors (Lipinski definition) is 2. The molecule has 0 saturated heterocycles. The van der Waals surface area contributed by atoms with E-state index in [9.17, 15) is 0 Å². The molecule has 2 fully saturated rings. The quantitative estimate of drug-likeness (QED) is 0.841. The molecule has 3 rings (SSSR count). The van der Waals surface area contributed by atoms with Gasteiger partial charge >= 0.3 is 0 Å². The van der Waals surface area contributed by atoms with Gasteiger partial charge in [-0.25, -0.2) is 0 Å². The molecule has 1 aromatic rings. The van der Waals surface area contributed by atoms with E-state index in [1.807, 2.05) is 0 Å². The van der Waals surface area contributed by atoms with Crippen LogP contribution >= 0.6 is 0 Å². The van der Waals surface area contributed by atoms with Crippen molar-refractivity contribution in [2.24, 2.45) is 5.73 Å². The van der Waals surface area contributed by atoms with Crippen LogP contribution < -0.4 is 10.5 Å². The third-order valence-electron chi connectivity index (χ3n) is 4.05. The lowest BCUT2D eigenvalue weighted by atomic mass is 9.93. The van der Waals surface area contributed by atoms with Gasteiger partial charge in [0.2, 0.25) is 0 Å². The van der Waals surface area contributed by atoms with E-state index in [1.165, 1.54) is 37.7 Å². The van der Waals surface area contributed by atoms with Crippen molar-refractivity contribution >= 4 is 0 Å². The highest BCUT2D eigenvalue weighted by molar-refractivity contribution is 5.43. The molecule has 2 aliphatic rings. The number of para-hydroxylation sites is 1. The van der Waals surface area contributed by atoms with Gasteiger partial charge in [-0.15, -0.1) is 0 Å². The van der Waals surface area contributed by atoms with Crippen LogP contribution in [-0.4, -0.2) is 12.6 Å². The highest BCUT2D eigenvalue weighted by Crippen LogP contribution is 2.50. The molecule has 86 valence electrons. The molecule has 16 heavy (non-hydrogen) atoms. The van der Waals surface area contributed by atoms with E-state index in [2.05, 4.69) is 24.3 Å². The molecule has 2 saturated carbocycles. The minimum Gasteiger partial charge on any atom is -0.490 e. The summed E-state index contributed by atoms with van der Waals surface area (Å²) in [4.78, 5) is 0. The van der Waals surface area contributed by atoms with Gasteiger partial charge in [-0.1, -0.05) is 18.2 Å². The Labute approximate surface area is 96.8 Å². The molecule has 0 aliphatic heterocycles. The van der Waals surface area contributed by atoms with Crippen LogP contribution in [0.5, 0.6) is 5.75 Å². The Morgan fingerprint density at radius 1 is 1.25 bits per heavy atom. The van der Waals surface area contributed by atoms with Crippen LogP contribution in [0.1, 0.15) is 37.7 Å². The zero-order valence-corrected chi connectivity index (χ0v) is 9.61. The van der Waals surface area contributed by atoms with Crippen molar-refractivity contribution in [3.05, 3.63) is 29.8 Å². The van der Waals surface area contributed by atoms with Gasteiger partial charge in [0, 0.05) is 17.5 Å². The summed E-state index contributed by atoms with van der Waals surface area (Å²) >= 11 is 0. The second kappa shape index (κ2) is 3.77. The molecule has 0 aromatic heterocycles. The summed E-state index contributed by atoms with van der Waals surface area (Å²) < 4.78 is 6.05. The van der Waals surface area contributed by atoms with E-state index in [-0.39, 0.29) is 5.41 Å². The topological polar surface area (TPSA) is 35.2 Å². The van der Waals surface area contributed by atoms with Crippen molar-refractivity contribution in [3.8, 4) is 5.75 Å². The van der Waals surface area contributed by atoms with Crippen molar-refractivity contribution in [1.82, 2.24) is 0 Å².